The van der Waals surface area contributed by atoms with Crippen molar-refractivity contribution in [3.63, 3.8) is 0 Å². The summed E-state index contributed by atoms with van der Waals surface area (Å²) in [6, 6.07) is 10.2. The van der Waals surface area contributed by atoms with E-state index in [9.17, 15) is 22.4 Å². The number of rotatable bonds is 10. The molecule has 192 valence electrons. The summed E-state index contributed by atoms with van der Waals surface area (Å²) < 4.78 is 43.0. The largest absolute Gasteiger partial charge is 0.352 e. The molecule has 1 unspecified atom stereocenters. The van der Waals surface area contributed by atoms with E-state index < -0.39 is 40.4 Å². The highest BCUT2D eigenvalue weighted by Gasteiger charge is 2.33. The lowest BCUT2D eigenvalue weighted by atomic mass is 10.1. The molecule has 8 nitrogen and oxygen atoms in total. The zero-order valence-corrected chi connectivity index (χ0v) is 22.2. The van der Waals surface area contributed by atoms with Gasteiger partial charge in [-0.15, -0.1) is 0 Å². The average Bonchev–Trinajstić information content (AvgIpc) is 2.77. The highest BCUT2D eigenvalue weighted by Crippen LogP contribution is 2.26. The Kier molecular flexibility index (Phi) is 9.39. The van der Waals surface area contributed by atoms with Crippen LogP contribution in [0.1, 0.15) is 37.5 Å². The van der Waals surface area contributed by atoms with Gasteiger partial charge in [-0.05, 0) is 57.9 Å². The van der Waals surface area contributed by atoms with Crippen LogP contribution in [0.15, 0.2) is 42.5 Å². The lowest BCUT2D eigenvalue weighted by molar-refractivity contribution is -0.139. The molecule has 2 amide bonds. The van der Waals surface area contributed by atoms with Crippen LogP contribution in [0, 0.1) is 19.7 Å². The summed E-state index contributed by atoms with van der Waals surface area (Å²) in [5.74, 6) is -1.57. The van der Waals surface area contributed by atoms with Crippen molar-refractivity contribution >= 4 is 27.7 Å². The summed E-state index contributed by atoms with van der Waals surface area (Å²) in [5.41, 5.74) is 2.07. The second-order valence-corrected chi connectivity index (χ2v) is 11.1. The number of amides is 2. The highest BCUT2D eigenvalue weighted by atomic mass is 32.2. The SMILES string of the molecule is Cc1ccc(C)c(N(CC(=O)N(Cc2ccccc2F)C(C)C(=O)NC(C)C)S(=O)(=O)N(C)C)c1. The molecule has 0 spiro atoms. The van der Waals surface area contributed by atoms with Crippen LogP contribution in [0.25, 0.3) is 0 Å². The monoisotopic (exact) mass is 506 g/mol. The quantitative estimate of drug-likeness (QED) is 0.537. The second-order valence-electron chi connectivity index (χ2n) is 9.04. The minimum Gasteiger partial charge on any atom is -0.352 e. The molecule has 0 aliphatic carbocycles. The molecule has 0 aromatic heterocycles. The Morgan fingerprint density at radius 3 is 2.23 bits per heavy atom. The van der Waals surface area contributed by atoms with Gasteiger partial charge in [-0.25, -0.2) is 8.70 Å². The van der Waals surface area contributed by atoms with Gasteiger partial charge in [0, 0.05) is 32.2 Å². The van der Waals surface area contributed by atoms with Gasteiger partial charge in [-0.2, -0.15) is 12.7 Å². The molecular weight excluding hydrogens is 471 g/mol. The lowest BCUT2D eigenvalue weighted by Gasteiger charge is -2.33. The number of nitrogens with one attached hydrogen (secondary N) is 1. The zero-order valence-electron chi connectivity index (χ0n) is 21.4. The lowest BCUT2D eigenvalue weighted by Crippen LogP contribution is -2.53. The van der Waals surface area contributed by atoms with Gasteiger partial charge in [0.05, 0.1) is 5.69 Å². The summed E-state index contributed by atoms with van der Waals surface area (Å²) >= 11 is 0. The van der Waals surface area contributed by atoms with Crippen molar-refractivity contribution in [1.29, 1.82) is 0 Å². The fourth-order valence-electron chi connectivity index (χ4n) is 3.49. The van der Waals surface area contributed by atoms with Crippen LogP contribution < -0.4 is 9.62 Å². The van der Waals surface area contributed by atoms with Gasteiger partial charge in [-0.3, -0.25) is 9.59 Å². The van der Waals surface area contributed by atoms with Gasteiger partial charge in [0.1, 0.15) is 18.4 Å². The van der Waals surface area contributed by atoms with Gasteiger partial charge in [0.15, 0.2) is 0 Å². The minimum atomic E-state index is -4.06. The summed E-state index contributed by atoms with van der Waals surface area (Å²) in [6.45, 7) is 7.96. The third-order valence-corrected chi connectivity index (χ3v) is 7.35. The number of hydrogen-bond acceptors (Lipinski definition) is 4. The molecule has 0 aliphatic rings. The van der Waals surface area contributed by atoms with Crippen LogP contribution in [-0.2, 0) is 26.3 Å². The summed E-state index contributed by atoms with van der Waals surface area (Å²) in [5, 5.41) is 2.76. The maximum absolute atomic E-state index is 14.5. The third-order valence-electron chi connectivity index (χ3n) is 5.55. The molecule has 10 heteroatoms. The molecule has 1 N–H and O–H groups in total. The summed E-state index contributed by atoms with van der Waals surface area (Å²) in [4.78, 5) is 27.6. The van der Waals surface area contributed by atoms with Crippen molar-refractivity contribution in [3.8, 4) is 0 Å². The number of hydrogen-bond donors (Lipinski definition) is 1. The van der Waals surface area contributed by atoms with E-state index in [0.717, 1.165) is 14.2 Å². The Morgan fingerprint density at radius 1 is 1.03 bits per heavy atom. The molecule has 0 heterocycles. The topological polar surface area (TPSA) is 90.0 Å². The van der Waals surface area contributed by atoms with Gasteiger partial charge < -0.3 is 10.2 Å². The number of halogens is 1. The predicted molar refractivity (Wildman–Crippen MR) is 136 cm³/mol. The molecule has 0 bridgehead atoms. The van der Waals surface area contributed by atoms with Crippen molar-refractivity contribution in [1.82, 2.24) is 14.5 Å². The molecule has 0 radical (unpaired) electrons. The highest BCUT2D eigenvalue weighted by molar-refractivity contribution is 7.90. The maximum Gasteiger partial charge on any atom is 0.304 e. The smallest absolute Gasteiger partial charge is 0.304 e. The van der Waals surface area contributed by atoms with E-state index in [0.29, 0.717) is 11.3 Å². The van der Waals surface area contributed by atoms with E-state index in [1.165, 1.54) is 37.2 Å². The predicted octanol–water partition coefficient (Wildman–Crippen LogP) is 3.00. The molecule has 2 aromatic carbocycles. The van der Waals surface area contributed by atoms with Crippen molar-refractivity contribution in [2.75, 3.05) is 24.9 Å². The Labute approximate surface area is 207 Å². The van der Waals surface area contributed by atoms with Crippen LogP contribution in [0.5, 0.6) is 0 Å². The van der Waals surface area contributed by atoms with Crippen LogP contribution in [0.2, 0.25) is 0 Å². The van der Waals surface area contributed by atoms with Gasteiger partial charge in [-0.1, -0.05) is 30.3 Å². The second kappa shape index (κ2) is 11.6. The van der Waals surface area contributed by atoms with Gasteiger partial charge in [0.25, 0.3) is 0 Å². The van der Waals surface area contributed by atoms with E-state index >= 15 is 0 Å². The van der Waals surface area contributed by atoms with Crippen molar-refractivity contribution < 1.29 is 22.4 Å². The number of anilines is 1. The maximum atomic E-state index is 14.5. The van der Waals surface area contributed by atoms with E-state index in [-0.39, 0.29) is 18.2 Å². The molecular formula is C25H35FN4O4S. The molecule has 0 fully saturated rings. The zero-order chi connectivity index (χ0) is 26.5. The summed E-state index contributed by atoms with van der Waals surface area (Å²) in [7, 11) is -1.30. The van der Waals surface area contributed by atoms with Gasteiger partial charge >= 0.3 is 10.2 Å². The van der Waals surface area contributed by atoms with Crippen LogP contribution >= 0.6 is 0 Å². The Bertz CT molecular complexity index is 1170. The molecule has 35 heavy (non-hydrogen) atoms. The normalized spacial score (nSPS) is 12.5. The van der Waals surface area contributed by atoms with E-state index in [1.54, 1.807) is 45.9 Å². The van der Waals surface area contributed by atoms with E-state index in [2.05, 4.69) is 5.32 Å². The van der Waals surface area contributed by atoms with Crippen LogP contribution in [-0.4, -0.2) is 62.2 Å². The number of aryl methyl sites for hydroxylation is 2. The Morgan fingerprint density at radius 2 is 1.66 bits per heavy atom. The first kappa shape index (κ1) is 28.3. The number of nitrogens with zero attached hydrogens (tertiary/aromatic N) is 3. The Hall–Kier alpha value is -2.98. The van der Waals surface area contributed by atoms with E-state index in [1.807, 2.05) is 13.0 Å². The first-order chi connectivity index (χ1) is 16.2. The van der Waals surface area contributed by atoms with Crippen molar-refractivity contribution in [3.05, 3.63) is 65.0 Å². The molecule has 2 rings (SSSR count). The number of benzene rings is 2. The van der Waals surface area contributed by atoms with Crippen molar-refractivity contribution in [2.24, 2.45) is 0 Å². The fraction of sp³-hybridized carbons (Fsp3) is 0.440. The minimum absolute atomic E-state index is 0.170. The number of carbonyl (C=O) groups is 2. The first-order valence-corrected chi connectivity index (χ1v) is 12.8. The van der Waals surface area contributed by atoms with E-state index in [4.69, 9.17) is 0 Å². The fourth-order valence-corrected chi connectivity index (χ4v) is 4.60. The third kappa shape index (κ3) is 7.02. The molecule has 0 saturated heterocycles. The standard InChI is InChI=1S/C25H35FN4O4S/c1-17(2)27-25(32)20(5)29(15-21-10-8-9-11-22(21)26)24(31)16-30(35(33,34)28(6)7)23-14-18(3)12-13-19(23)4/h8-14,17,20H,15-16H2,1-7H3,(H,27,32). The van der Waals surface area contributed by atoms with Crippen LogP contribution in [0.4, 0.5) is 10.1 Å². The molecule has 0 saturated carbocycles. The molecule has 0 aliphatic heterocycles. The summed E-state index contributed by atoms with van der Waals surface area (Å²) in [6.07, 6.45) is 0. The number of carbonyl (C=O) groups excluding carboxylic acids is 2. The van der Waals surface area contributed by atoms with Crippen molar-refractivity contribution in [2.45, 2.75) is 53.2 Å². The average molecular weight is 507 g/mol. The molecule has 1 atom stereocenters. The first-order valence-electron chi connectivity index (χ1n) is 11.4. The Balaban J connectivity index is 2.53. The molecule has 2 aromatic rings. The van der Waals surface area contributed by atoms with Crippen LogP contribution in [0.3, 0.4) is 0 Å². The van der Waals surface area contributed by atoms with Gasteiger partial charge in [0.2, 0.25) is 11.8 Å².